The predicted molar refractivity (Wildman–Crippen MR) is 62.0 cm³/mol. The number of carbonyl (C=O) groups excluding carboxylic acids is 1. The molecule has 3 heteroatoms. The van der Waals surface area contributed by atoms with Gasteiger partial charge < -0.3 is 11.1 Å². The van der Waals surface area contributed by atoms with E-state index in [1.165, 1.54) is 11.1 Å². The highest BCUT2D eigenvalue weighted by atomic mass is 16.2. The van der Waals surface area contributed by atoms with Crippen LogP contribution >= 0.6 is 0 Å². The fourth-order valence-corrected chi connectivity index (χ4v) is 2.57. The Bertz CT molecular complexity index is 424. The Kier molecular flexibility index (Phi) is 2.21. The second-order valence-corrected chi connectivity index (χ2v) is 4.89. The van der Waals surface area contributed by atoms with E-state index in [0.29, 0.717) is 12.1 Å². The normalized spacial score (nSPS) is 30.9. The highest BCUT2D eigenvalue weighted by molar-refractivity contribution is 5.87. The standard InChI is InChI=1S/C13H16N2O/c14-9-6-10(7-9)15-13(16)12-5-8-3-1-2-4-11(8)12/h1-4,9-10,12H,5-7,14H2,(H,15,16). The van der Waals surface area contributed by atoms with Crippen molar-refractivity contribution >= 4 is 5.91 Å². The molecule has 2 aliphatic carbocycles. The first kappa shape index (κ1) is 9.85. The van der Waals surface area contributed by atoms with E-state index in [1.54, 1.807) is 0 Å². The number of hydrogen-bond acceptors (Lipinski definition) is 2. The van der Waals surface area contributed by atoms with E-state index in [2.05, 4.69) is 17.4 Å². The maximum atomic E-state index is 11.9. The summed E-state index contributed by atoms with van der Waals surface area (Å²) < 4.78 is 0. The Morgan fingerprint density at radius 2 is 2.06 bits per heavy atom. The van der Waals surface area contributed by atoms with Crippen LogP contribution in [0.5, 0.6) is 0 Å². The number of nitrogens with one attached hydrogen (secondary N) is 1. The largest absolute Gasteiger partial charge is 0.353 e. The van der Waals surface area contributed by atoms with Crippen LogP contribution in [0.4, 0.5) is 0 Å². The lowest BCUT2D eigenvalue weighted by molar-refractivity contribution is -0.124. The highest BCUT2D eigenvalue weighted by Gasteiger charge is 2.35. The van der Waals surface area contributed by atoms with Crippen molar-refractivity contribution in [1.29, 1.82) is 0 Å². The summed E-state index contributed by atoms with van der Waals surface area (Å²) >= 11 is 0. The molecule has 0 spiro atoms. The van der Waals surface area contributed by atoms with E-state index >= 15 is 0 Å². The van der Waals surface area contributed by atoms with Gasteiger partial charge in [-0.25, -0.2) is 0 Å². The van der Waals surface area contributed by atoms with Crippen molar-refractivity contribution in [1.82, 2.24) is 5.32 Å². The molecule has 1 atom stereocenters. The maximum Gasteiger partial charge on any atom is 0.228 e. The average Bonchev–Trinajstić information content (AvgIpc) is 2.17. The van der Waals surface area contributed by atoms with E-state index < -0.39 is 0 Å². The first-order valence-corrected chi connectivity index (χ1v) is 5.88. The summed E-state index contributed by atoms with van der Waals surface area (Å²) in [6, 6.07) is 8.78. The summed E-state index contributed by atoms with van der Waals surface area (Å²) in [6.45, 7) is 0. The number of carbonyl (C=O) groups is 1. The van der Waals surface area contributed by atoms with E-state index in [-0.39, 0.29) is 11.8 Å². The molecule has 1 aromatic carbocycles. The third-order valence-electron chi connectivity index (χ3n) is 3.69. The molecule has 16 heavy (non-hydrogen) atoms. The molecule has 1 aromatic rings. The monoisotopic (exact) mass is 216 g/mol. The molecule has 0 radical (unpaired) electrons. The lowest BCUT2D eigenvalue weighted by Crippen LogP contribution is -2.52. The summed E-state index contributed by atoms with van der Waals surface area (Å²) in [5.41, 5.74) is 8.20. The Balaban J connectivity index is 1.62. The highest BCUT2D eigenvalue weighted by Crippen LogP contribution is 2.35. The SMILES string of the molecule is NC1CC(NC(=O)C2Cc3ccccc32)C1. The molecule has 1 amide bonds. The summed E-state index contributed by atoms with van der Waals surface area (Å²) in [4.78, 5) is 11.9. The molecule has 1 fully saturated rings. The second kappa shape index (κ2) is 3.59. The Morgan fingerprint density at radius 3 is 2.75 bits per heavy atom. The summed E-state index contributed by atoms with van der Waals surface area (Å²) in [5.74, 6) is 0.253. The number of benzene rings is 1. The van der Waals surface area contributed by atoms with Gasteiger partial charge in [-0.1, -0.05) is 24.3 Å². The fourth-order valence-electron chi connectivity index (χ4n) is 2.57. The van der Waals surface area contributed by atoms with E-state index in [9.17, 15) is 4.79 Å². The van der Waals surface area contributed by atoms with Crippen molar-refractivity contribution in [3.63, 3.8) is 0 Å². The van der Waals surface area contributed by atoms with Gasteiger partial charge in [0.25, 0.3) is 0 Å². The molecular weight excluding hydrogens is 200 g/mol. The topological polar surface area (TPSA) is 55.1 Å². The lowest BCUT2D eigenvalue weighted by atomic mass is 9.76. The predicted octanol–water partition coefficient (Wildman–Crippen LogP) is 0.932. The zero-order valence-corrected chi connectivity index (χ0v) is 9.15. The second-order valence-electron chi connectivity index (χ2n) is 4.89. The van der Waals surface area contributed by atoms with Gasteiger partial charge >= 0.3 is 0 Å². The molecule has 3 N–H and O–H groups in total. The van der Waals surface area contributed by atoms with Gasteiger partial charge in [0.15, 0.2) is 0 Å². The van der Waals surface area contributed by atoms with Gasteiger partial charge in [0, 0.05) is 12.1 Å². The van der Waals surface area contributed by atoms with Crippen molar-refractivity contribution in [3.05, 3.63) is 35.4 Å². The van der Waals surface area contributed by atoms with Crippen LogP contribution in [0.15, 0.2) is 24.3 Å². The number of fused-ring (bicyclic) bond motifs is 1. The Hall–Kier alpha value is -1.35. The van der Waals surface area contributed by atoms with Crippen molar-refractivity contribution in [2.45, 2.75) is 37.3 Å². The van der Waals surface area contributed by atoms with Crippen LogP contribution in [0.25, 0.3) is 0 Å². The zero-order valence-electron chi connectivity index (χ0n) is 9.15. The zero-order chi connectivity index (χ0) is 11.1. The van der Waals surface area contributed by atoms with Gasteiger partial charge in [-0.15, -0.1) is 0 Å². The maximum absolute atomic E-state index is 11.9. The quantitative estimate of drug-likeness (QED) is 0.772. The number of rotatable bonds is 2. The first-order valence-electron chi connectivity index (χ1n) is 5.88. The number of amides is 1. The molecule has 0 aromatic heterocycles. The van der Waals surface area contributed by atoms with Crippen molar-refractivity contribution in [2.24, 2.45) is 5.73 Å². The van der Waals surface area contributed by atoms with Crippen molar-refractivity contribution in [3.8, 4) is 0 Å². The van der Waals surface area contributed by atoms with E-state index in [4.69, 9.17) is 5.73 Å². The number of hydrogen-bond donors (Lipinski definition) is 2. The molecule has 84 valence electrons. The minimum Gasteiger partial charge on any atom is -0.353 e. The summed E-state index contributed by atoms with van der Waals surface area (Å²) in [6.07, 6.45) is 2.75. The molecule has 1 saturated carbocycles. The van der Waals surface area contributed by atoms with Gasteiger partial charge in [-0.2, -0.15) is 0 Å². The minimum atomic E-state index is 0.0769. The minimum absolute atomic E-state index is 0.0769. The summed E-state index contributed by atoms with van der Waals surface area (Å²) in [7, 11) is 0. The van der Waals surface area contributed by atoms with Crippen molar-refractivity contribution in [2.75, 3.05) is 0 Å². The molecular formula is C13H16N2O. The smallest absolute Gasteiger partial charge is 0.228 e. The molecule has 2 aliphatic rings. The summed E-state index contributed by atoms with van der Waals surface area (Å²) in [5, 5.41) is 3.07. The molecule has 3 nitrogen and oxygen atoms in total. The van der Waals surface area contributed by atoms with E-state index in [1.807, 2.05) is 12.1 Å². The van der Waals surface area contributed by atoms with E-state index in [0.717, 1.165) is 19.3 Å². The van der Waals surface area contributed by atoms with Crippen LogP contribution in [0, 0.1) is 0 Å². The number of nitrogens with two attached hydrogens (primary N) is 1. The third kappa shape index (κ3) is 1.52. The van der Waals surface area contributed by atoms with Gasteiger partial charge in [0.1, 0.15) is 0 Å². The fraction of sp³-hybridized carbons (Fsp3) is 0.462. The van der Waals surface area contributed by atoms with Crippen LogP contribution in [-0.2, 0) is 11.2 Å². The molecule has 3 rings (SSSR count). The molecule has 0 bridgehead atoms. The Labute approximate surface area is 95.0 Å². The average molecular weight is 216 g/mol. The molecule has 0 aliphatic heterocycles. The Morgan fingerprint density at radius 1 is 1.31 bits per heavy atom. The van der Waals surface area contributed by atoms with Crippen LogP contribution in [0.2, 0.25) is 0 Å². The van der Waals surface area contributed by atoms with Crippen LogP contribution in [-0.4, -0.2) is 18.0 Å². The third-order valence-corrected chi connectivity index (χ3v) is 3.69. The van der Waals surface area contributed by atoms with Crippen molar-refractivity contribution < 1.29 is 4.79 Å². The van der Waals surface area contributed by atoms with Gasteiger partial charge in [-0.05, 0) is 30.4 Å². The molecule has 1 unspecified atom stereocenters. The molecule has 0 saturated heterocycles. The van der Waals surface area contributed by atoms with Gasteiger partial charge in [-0.3, -0.25) is 4.79 Å². The lowest BCUT2D eigenvalue weighted by Gasteiger charge is -2.36. The van der Waals surface area contributed by atoms with Crippen LogP contribution < -0.4 is 11.1 Å². The first-order chi connectivity index (χ1) is 7.74. The van der Waals surface area contributed by atoms with Crippen LogP contribution in [0.3, 0.4) is 0 Å². The van der Waals surface area contributed by atoms with Gasteiger partial charge in [0.05, 0.1) is 5.92 Å². The molecule has 0 heterocycles. The van der Waals surface area contributed by atoms with Crippen LogP contribution in [0.1, 0.15) is 29.9 Å². The van der Waals surface area contributed by atoms with Gasteiger partial charge in [0.2, 0.25) is 5.91 Å².